The van der Waals surface area contributed by atoms with E-state index >= 15 is 0 Å². The molecule has 2 rings (SSSR count). The van der Waals surface area contributed by atoms with Crippen LogP contribution in [0.2, 0.25) is 0 Å². The average molecular weight is 225 g/mol. The first kappa shape index (κ1) is 11.7. The first-order valence-electron chi connectivity index (χ1n) is 6.07. The quantitative estimate of drug-likeness (QED) is 0.756. The van der Waals surface area contributed by atoms with Gasteiger partial charge in [-0.15, -0.1) is 0 Å². The van der Waals surface area contributed by atoms with Crippen LogP contribution < -0.4 is 4.90 Å². The molecule has 88 valence electrons. The number of benzene rings is 2. The molecule has 0 aromatic heterocycles. The Labute approximate surface area is 104 Å². The molecule has 0 saturated carbocycles. The maximum absolute atomic E-state index is 2.27. The van der Waals surface area contributed by atoms with Crippen LogP contribution in [0.25, 0.3) is 11.1 Å². The van der Waals surface area contributed by atoms with Gasteiger partial charge in [-0.05, 0) is 37.1 Å². The van der Waals surface area contributed by atoms with Gasteiger partial charge in [0.15, 0.2) is 0 Å². The summed E-state index contributed by atoms with van der Waals surface area (Å²) in [7, 11) is 2.13. The largest absolute Gasteiger partial charge is 0.372 e. The Balaban J connectivity index is 2.25. The van der Waals surface area contributed by atoms with Crippen LogP contribution in [0.3, 0.4) is 0 Å². The first-order chi connectivity index (χ1) is 8.18. The zero-order chi connectivity index (χ0) is 12.3. The van der Waals surface area contributed by atoms with Crippen molar-refractivity contribution in [3.8, 4) is 11.1 Å². The standard InChI is InChI=1S/C16H19N/c1-13(2)17(3)16-11-9-15(10-12-16)14-7-5-4-6-8-14/h4-13H,1-3H3. The summed E-state index contributed by atoms with van der Waals surface area (Å²) in [6.07, 6.45) is 0. The van der Waals surface area contributed by atoms with Crippen LogP contribution in [0.4, 0.5) is 5.69 Å². The molecule has 2 aromatic carbocycles. The lowest BCUT2D eigenvalue weighted by atomic mass is 10.1. The molecule has 0 bridgehead atoms. The van der Waals surface area contributed by atoms with Crippen molar-refractivity contribution >= 4 is 5.69 Å². The summed E-state index contributed by atoms with van der Waals surface area (Å²) >= 11 is 0. The van der Waals surface area contributed by atoms with Crippen LogP contribution in [0.15, 0.2) is 54.6 Å². The van der Waals surface area contributed by atoms with E-state index in [2.05, 4.69) is 74.3 Å². The smallest absolute Gasteiger partial charge is 0.0366 e. The summed E-state index contributed by atoms with van der Waals surface area (Å²) in [6, 6.07) is 19.7. The summed E-state index contributed by atoms with van der Waals surface area (Å²) in [5, 5.41) is 0. The van der Waals surface area contributed by atoms with Crippen molar-refractivity contribution in [2.24, 2.45) is 0 Å². The van der Waals surface area contributed by atoms with Crippen molar-refractivity contribution in [2.45, 2.75) is 19.9 Å². The van der Waals surface area contributed by atoms with Gasteiger partial charge in [0.25, 0.3) is 0 Å². The van der Waals surface area contributed by atoms with E-state index in [4.69, 9.17) is 0 Å². The van der Waals surface area contributed by atoms with Crippen LogP contribution in [0.5, 0.6) is 0 Å². The van der Waals surface area contributed by atoms with Crippen LogP contribution in [-0.4, -0.2) is 13.1 Å². The van der Waals surface area contributed by atoms with Gasteiger partial charge in [-0.25, -0.2) is 0 Å². The predicted octanol–water partition coefficient (Wildman–Crippen LogP) is 4.20. The molecule has 1 heteroatoms. The molecule has 0 fully saturated rings. The SMILES string of the molecule is CC(C)N(C)c1ccc(-c2ccccc2)cc1. The molecule has 0 amide bonds. The van der Waals surface area contributed by atoms with Gasteiger partial charge in [-0.2, -0.15) is 0 Å². The highest BCUT2D eigenvalue weighted by Gasteiger charge is 2.04. The molecule has 0 aliphatic heterocycles. The number of rotatable bonds is 3. The Morgan fingerprint density at radius 3 is 1.82 bits per heavy atom. The van der Waals surface area contributed by atoms with Crippen LogP contribution in [0.1, 0.15) is 13.8 Å². The molecule has 0 saturated heterocycles. The molecular weight excluding hydrogens is 206 g/mol. The lowest BCUT2D eigenvalue weighted by Gasteiger charge is -2.23. The second kappa shape index (κ2) is 5.05. The highest BCUT2D eigenvalue weighted by Crippen LogP contribution is 2.23. The van der Waals surface area contributed by atoms with E-state index < -0.39 is 0 Å². The second-order valence-electron chi connectivity index (χ2n) is 4.62. The van der Waals surface area contributed by atoms with E-state index in [1.807, 2.05) is 6.07 Å². The molecule has 0 atom stereocenters. The molecule has 0 radical (unpaired) electrons. The summed E-state index contributed by atoms with van der Waals surface area (Å²) in [5.41, 5.74) is 3.80. The zero-order valence-corrected chi connectivity index (χ0v) is 10.7. The molecule has 1 nitrogen and oxygen atoms in total. The maximum Gasteiger partial charge on any atom is 0.0366 e. The van der Waals surface area contributed by atoms with Gasteiger partial charge < -0.3 is 4.90 Å². The molecule has 2 aromatic rings. The van der Waals surface area contributed by atoms with Gasteiger partial charge in [-0.3, -0.25) is 0 Å². The normalized spacial score (nSPS) is 10.6. The summed E-state index contributed by atoms with van der Waals surface area (Å²) in [6.45, 7) is 4.40. The Morgan fingerprint density at radius 2 is 1.29 bits per heavy atom. The minimum Gasteiger partial charge on any atom is -0.372 e. The first-order valence-corrected chi connectivity index (χ1v) is 6.07. The van der Waals surface area contributed by atoms with Crippen molar-refractivity contribution in [1.29, 1.82) is 0 Å². The molecule has 17 heavy (non-hydrogen) atoms. The van der Waals surface area contributed by atoms with E-state index in [1.54, 1.807) is 0 Å². The van der Waals surface area contributed by atoms with Crippen LogP contribution in [-0.2, 0) is 0 Å². The van der Waals surface area contributed by atoms with Gasteiger partial charge in [0, 0.05) is 18.8 Å². The minimum absolute atomic E-state index is 0.526. The molecule has 0 aliphatic carbocycles. The lowest BCUT2D eigenvalue weighted by molar-refractivity contribution is 0.755. The van der Waals surface area contributed by atoms with Crippen LogP contribution >= 0.6 is 0 Å². The Kier molecular flexibility index (Phi) is 3.48. The number of hydrogen-bond donors (Lipinski definition) is 0. The third-order valence-corrected chi connectivity index (χ3v) is 3.16. The second-order valence-corrected chi connectivity index (χ2v) is 4.62. The summed E-state index contributed by atoms with van der Waals surface area (Å²) < 4.78 is 0. The maximum atomic E-state index is 2.27. The third-order valence-electron chi connectivity index (χ3n) is 3.16. The molecule has 0 unspecified atom stereocenters. The number of hydrogen-bond acceptors (Lipinski definition) is 1. The van der Waals surface area contributed by atoms with Gasteiger partial charge in [-0.1, -0.05) is 42.5 Å². The monoisotopic (exact) mass is 225 g/mol. The zero-order valence-electron chi connectivity index (χ0n) is 10.7. The van der Waals surface area contributed by atoms with Crippen molar-refractivity contribution in [1.82, 2.24) is 0 Å². The van der Waals surface area contributed by atoms with Crippen LogP contribution in [0, 0.1) is 0 Å². The van der Waals surface area contributed by atoms with Crippen molar-refractivity contribution in [3.05, 3.63) is 54.6 Å². The highest BCUT2D eigenvalue weighted by molar-refractivity contribution is 5.66. The molecule has 0 N–H and O–H groups in total. The Bertz CT molecular complexity index is 457. The van der Waals surface area contributed by atoms with Crippen molar-refractivity contribution in [3.63, 3.8) is 0 Å². The third kappa shape index (κ3) is 2.68. The van der Waals surface area contributed by atoms with Crippen molar-refractivity contribution in [2.75, 3.05) is 11.9 Å². The minimum atomic E-state index is 0.526. The van der Waals surface area contributed by atoms with Gasteiger partial charge in [0.1, 0.15) is 0 Å². The van der Waals surface area contributed by atoms with Gasteiger partial charge in [0.2, 0.25) is 0 Å². The average Bonchev–Trinajstić information content (AvgIpc) is 2.39. The topological polar surface area (TPSA) is 3.24 Å². The van der Waals surface area contributed by atoms with E-state index in [0.717, 1.165) is 0 Å². The Morgan fingerprint density at radius 1 is 0.765 bits per heavy atom. The van der Waals surface area contributed by atoms with Crippen molar-refractivity contribution < 1.29 is 0 Å². The molecule has 0 heterocycles. The molecule has 0 spiro atoms. The van der Waals surface area contributed by atoms with E-state index in [-0.39, 0.29) is 0 Å². The lowest BCUT2D eigenvalue weighted by Crippen LogP contribution is -2.25. The molecule has 0 aliphatic rings. The summed E-state index contributed by atoms with van der Waals surface area (Å²) in [5.74, 6) is 0. The fourth-order valence-corrected chi connectivity index (χ4v) is 1.82. The van der Waals surface area contributed by atoms with Gasteiger partial charge in [0.05, 0.1) is 0 Å². The van der Waals surface area contributed by atoms with Gasteiger partial charge >= 0.3 is 0 Å². The number of anilines is 1. The fraction of sp³-hybridized carbons (Fsp3) is 0.250. The fourth-order valence-electron chi connectivity index (χ4n) is 1.82. The van der Waals surface area contributed by atoms with E-state index in [9.17, 15) is 0 Å². The summed E-state index contributed by atoms with van der Waals surface area (Å²) in [4.78, 5) is 2.27. The van der Waals surface area contributed by atoms with E-state index in [0.29, 0.717) is 6.04 Å². The number of nitrogens with zero attached hydrogens (tertiary/aromatic N) is 1. The predicted molar refractivity (Wildman–Crippen MR) is 75.4 cm³/mol. The molecular formula is C16H19N. The Hall–Kier alpha value is -1.76. The van der Waals surface area contributed by atoms with E-state index in [1.165, 1.54) is 16.8 Å². The highest BCUT2D eigenvalue weighted by atomic mass is 15.1.